The molecule has 0 amide bonds. The molecule has 0 atom stereocenters. The number of rotatable bonds is 7. The molecule has 0 fully saturated rings. The maximum absolute atomic E-state index is 5.91. The van der Waals surface area contributed by atoms with Gasteiger partial charge in [0.05, 0.1) is 0 Å². The Morgan fingerprint density at radius 2 is 1.76 bits per heavy atom. The molecule has 0 saturated carbocycles. The lowest BCUT2D eigenvalue weighted by molar-refractivity contribution is 0.302. The smallest absolute Gasteiger partial charge is 0.124 e. The molecule has 0 unspecified atom stereocenters. The second kappa shape index (κ2) is 9.67. The molecular formula is C17H21Cl2NO. The van der Waals surface area contributed by atoms with Crippen LogP contribution in [-0.4, -0.2) is 6.54 Å². The minimum absolute atomic E-state index is 0. The number of nitrogens with one attached hydrogen (secondary N) is 1. The Balaban J connectivity index is 0.00000220. The van der Waals surface area contributed by atoms with Gasteiger partial charge in [-0.2, -0.15) is 0 Å². The van der Waals surface area contributed by atoms with E-state index in [1.807, 2.05) is 42.5 Å². The SMILES string of the molecule is CCCNCc1ccccc1OCc1ccc(Cl)cc1.Cl. The van der Waals surface area contributed by atoms with Crippen molar-refractivity contribution in [3.63, 3.8) is 0 Å². The zero-order valence-corrected chi connectivity index (χ0v) is 13.7. The van der Waals surface area contributed by atoms with Gasteiger partial charge < -0.3 is 10.1 Å². The van der Waals surface area contributed by atoms with Crippen molar-refractivity contribution in [2.24, 2.45) is 0 Å². The predicted molar refractivity (Wildman–Crippen MR) is 91.5 cm³/mol. The van der Waals surface area contributed by atoms with Crippen molar-refractivity contribution in [3.8, 4) is 5.75 Å². The first-order chi connectivity index (χ1) is 9.79. The molecule has 2 aromatic rings. The summed E-state index contributed by atoms with van der Waals surface area (Å²) in [6.07, 6.45) is 1.13. The van der Waals surface area contributed by atoms with Crippen molar-refractivity contribution < 1.29 is 4.74 Å². The van der Waals surface area contributed by atoms with Crippen LogP contribution in [0.1, 0.15) is 24.5 Å². The van der Waals surface area contributed by atoms with Gasteiger partial charge in [0.2, 0.25) is 0 Å². The molecule has 0 radical (unpaired) electrons. The molecule has 0 bridgehead atoms. The van der Waals surface area contributed by atoms with Crippen molar-refractivity contribution in [1.82, 2.24) is 5.32 Å². The number of ether oxygens (including phenoxy) is 1. The molecule has 0 saturated heterocycles. The fourth-order valence-corrected chi connectivity index (χ4v) is 2.06. The Morgan fingerprint density at radius 3 is 2.48 bits per heavy atom. The summed E-state index contributed by atoms with van der Waals surface area (Å²) in [5.41, 5.74) is 2.31. The summed E-state index contributed by atoms with van der Waals surface area (Å²) in [5, 5.41) is 4.15. The summed E-state index contributed by atoms with van der Waals surface area (Å²) in [6.45, 7) is 4.58. The van der Waals surface area contributed by atoms with Crippen LogP contribution in [0.2, 0.25) is 5.02 Å². The third-order valence-electron chi connectivity index (χ3n) is 3.02. The Bertz CT molecular complexity index is 529. The Morgan fingerprint density at radius 1 is 1.05 bits per heavy atom. The molecule has 0 aliphatic carbocycles. The molecule has 0 heterocycles. The summed E-state index contributed by atoms with van der Waals surface area (Å²) in [4.78, 5) is 0. The third kappa shape index (κ3) is 5.96. The van der Waals surface area contributed by atoms with Crippen LogP contribution in [0, 0.1) is 0 Å². The van der Waals surface area contributed by atoms with Crippen LogP contribution in [0.15, 0.2) is 48.5 Å². The molecular weight excluding hydrogens is 305 g/mol. The molecule has 0 aliphatic rings. The average Bonchev–Trinajstić information content (AvgIpc) is 2.48. The predicted octanol–water partition coefficient (Wildman–Crippen LogP) is 4.84. The van der Waals surface area contributed by atoms with E-state index in [0.29, 0.717) is 6.61 Å². The minimum atomic E-state index is 0. The van der Waals surface area contributed by atoms with Crippen LogP contribution in [0.3, 0.4) is 0 Å². The molecule has 0 aromatic heterocycles. The average molecular weight is 326 g/mol. The van der Waals surface area contributed by atoms with E-state index >= 15 is 0 Å². The first-order valence-corrected chi connectivity index (χ1v) is 7.33. The van der Waals surface area contributed by atoms with Crippen LogP contribution in [0.25, 0.3) is 0 Å². The molecule has 2 aromatic carbocycles. The highest BCUT2D eigenvalue weighted by atomic mass is 35.5. The van der Waals surface area contributed by atoms with E-state index in [1.165, 1.54) is 5.56 Å². The number of para-hydroxylation sites is 1. The van der Waals surface area contributed by atoms with Gasteiger partial charge in [0.15, 0.2) is 0 Å². The van der Waals surface area contributed by atoms with Crippen LogP contribution < -0.4 is 10.1 Å². The zero-order valence-electron chi connectivity index (χ0n) is 12.1. The maximum atomic E-state index is 5.91. The number of hydrogen-bond donors (Lipinski definition) is 1. The van der Waals surface area contributed by atoms with Crippen LogP contribution in [-0.2, 0) is 13.2 Å². The second-order valence-corrected chi connectivity index (χ2v) is 5.14. The molecule has 114 valence electrons. The normalized spacial score (nSPS) is 10.0. The van der Waals surface area contributed by atoms with Gasteiger partial charge in [-0.3, -0.25) is 0 Å². The molecule has 4 heteroatoms. The lowest BCUT2D eigenvalue weighted by Crippen LogP contribution is -2.14. The maximum Gasteiger partial charge on any atom is 0.124 e. The lowest BCUT2D eigenvalue weighted by atomic mass is 10.2. The molecule has 21 heavy (non-hydrogen) atoms. The summed E-state index contributed by atoms with van der Waals surface area (Å²) < 4.78 is 5.91. The molecule has 1 N–H and O–H groups in total. The molecule has 0 aliphatic heterocycles. The largest absolute Gasteiger partial charge is 0.489 e. The van der Waals surface area contributed by atoms with E-state index in [9.17, 15) is 0 Å². The van der Waals surface area contributed by atoms with E-state index in [-0.39, 0.29) is 12.4 Å². The molecule has 0 spiro atoms. The summed E-state index contributed by atoms with van der Waals surface area (Å²) in [7, 11) is 0. The van der Waals surface area contributed by atoms with Crippen LogP contribution in [0.4, 0.5) is 0 Å². The van der Waals surface area contributed by atoms with Crippen molar-refractivity contribution in [1.29, 1.82) is 0 Å². The Kier molecular flexibility index (Phi) is 8.21. The standard InChI is InChI=1S/C17H20ClNO.ClH/c1-2-11-19-12-15-5-3-4-6-17(15)20-13-14-7-9-16(18)10-8-14;/h3-10,19H,2,11-13H2,1H3;1H. The van der Waals surface area contributed by atoms with Gasteiger partial charge in [0.25, 0.3) is 0 Å². The van der Waals surface area contributed by atoms with E-state index in [4.69, 9.17) is 16.3 Å². The fraction of sp³-hybridized carbons (Fsp3) is 0.294. The van der Waals surface area contributed by atoms with Crippen LogP contribution >= 0.6 is 24.0 Å². The van der Waals surface area contributed by atoms with Crippen LogP contribution in [0.5, 0.6) is 5.75 Å². The van der Waals surface area contributed by atoms with Crippen molar-refractivity contribution in [2.45, 2.75) is 26.5 Å². The number of benzene rings is 2. The summed E-state index contributed by atoms with van der Waals surface area (Å²) in [5.74, 6) is 0.936. The van der Waals surface area contributed by atoms with Gasteiger partial charge >= 0.3 is 0 Å². The van der Waals surface area contributed by atoms with E-state index in [2.05, 4.69) is 18.3 Å². The van der Waals surface area contributed by atoms with Crippen molar-refractivity contribution in [2.75, 3.05) is 6.54 Å². The Labute approximate surface area is 137 Å². The van der Waals surface area contributed by atoms with Gasteiger partial charge in [0.1, 0.15) is 12.4 Å². The zero-order chi connectivity index (χ0) is 14.2. The summed E-state index contributed by atoms with van der Waals surface area (Å²) in [6, 6.07) is 15.9. The van der Waals surface area contributed by atoms with Gasteiger partial charge in [-0.25, -0.2) is 0 Å². The van der Waals surface area contributed by atoms with Gasteiger partial charge in [-0.05, 0) is 36.7 Å². The second-order valence-electron chi connectivity index (χ2n) is 4.70. The van der Waals surface area contributed by atoms with E-state index in [1.54, 1.807) is 0 Å². The van der Waals surface area contributed by atoms with Crippen molar-refractivity contribution in [3.05, 3.63) is 64.7 Å². The molecule has 2 nitrogen and oxygen atoms in total. The van der Waals surface area contributed by atoms with Crippen molar-refractivity contribution >= 4 is 24.0 Å². The lowest BCUT2D eigenvalue weighted by Gasteiger charge is -2.12. The van der Waals surface area contributed by atoms with Gasteiger partial charge in [-0.1, -0.05) is 48.9 Å². The van der Waals surface area contributed by atoms with Gasteiger partial charge in [0, 0.05) is 17.1 Å². The fourth-order valence-electron chi connectivity index (χ4n) is 1.93. The van der Waals surface area contributed by atoms with E-state index in [0.717, 1.165) is 35.8 Å². The van der Waals surface area contributed by atoms with Gasteiger partial charge in [-0.15, -0.1) is 12.4 Å². The number of halogens is 2. The summed E-state index contributed by atoms with van der Waals surface area (Å²) >= 11 is 5.88. The quantitative estimate of drug-likeness (QED) is 0.735. The third-order valence-corrected chi connectivity index (χ3v) is 3.27. The van der Waals surface area contributed by atoms with E-state index < -0.39 is 0 Å². The minimum Gasteiger partial charge on any atom is -0.489 e. The first kappa shape index (κ1) is 17.8. The highest BCUT2D eigenvalue weighted by Gasteiger charge is 2.03. The highest BCUT2D eigenvalue weighted by Crippen LogP contribution is 2.19. The monoisotopic (exact) mass is 325 g/mol. The topological polar surface area (TPSA) is 21.3 Å². The number of hydrogen-bond acceptors (Lipinski definition) is 2. The first-order valence-electron chi connectivity index (χ1n) is 6.95. The Hall–Kier alpha value is -1.22. The highest BCUT2D eigenvalue weighted by molar-refractivity contribution is 6.30. The molecule has 2 rings (SSSR count).